The van der Waals surface area contributed by atoms with Gasteiger partial charge in [0.25, 0.3) is 5.91 Å². The zero-order chi connectivity index (χ0) is 19.5. The number of methoxy groups -OCH3 is 2. The van der Waals surface area contributed by atoms with Crippen LogP contribution in [0.5, 0.6) is 11.5 Å². The average Bonchev–Trinajstić information content (AvgIpc) is 3.21. The minimum absolute atomic E-state index is 0.00900. The van der Waals surface area contributed by atoms with Crippen molar-refractivity contribution >= 4 is 22.7 Å². The van der Waals surface area contributed by atoms with E-state index in [1.165, 1.54) is 0 Å². The highest BCUT2D eigenvalue weighted by molar-refractivity contribution is 6.12. The molecule has 1 N–H and O–H groups in total. The van der Waals surface area contributed by atoms with Crippen LogP contribution in [0.1, 0.15) is 10.4 Å². The number of rotatable bonds is 5. The van der Waals surface area contributed by atoms with Crippen LogP contribution in [0.4, 0.5) is 6.01 Å². The highest BCUT2D eigenvalue weighted by Crippen LogP contribution is 2.30. The van der Waals surface area contributed by atoms with E-state index in [0.717, 1.165) is 10.8 Å². The number of ether oxygens (including phenoxy) is 2. The smallest absolute Gasteiger partial charge is 0.322 e. The molecule has 0 spiro atoms. The molecule has 7 heteroatoms. The molecule has 0 atom stereocenters. The fourth-order valence-electron chi connectivity index (χ4n) is 2.91. The topological polar surface area (TPSA) is 86.5 Å². The monoisotopic (exact) mass is 375 g/mol. The summed E-state index contributed by atoms with van der Waals surface area (Å²) < 4.78 is 16.1. The molecular weight excluding hydrogens is 358 g/mol. The molecule has 0 aliphatic carbocycles. The lowest BCUT2D eigenvalue weighted by atomic mass is 10.0. The predicted octanol–water partition coefficient (Wildman–Crippen LogP) is 4.16. The summed E-state index contributed by atoms with van der Waals surface area (Å²) in [6.45, 7) is 0. The highest BCUT2D eigenvalue weighted by Gasteiger charge is 2.16. The van der Waals surface area contributed by atoms with E-state index in [0.29, 0.717) is 22.6 Å². The van der Waals surface area contributed by atoms with E-state index >= 15 is 0 Å². The first kappa shape index (κ1) is 17.5. The minimum atomic E-state index is -0.324. The van der Waals surface area contributed by atoms with Gasteiger partial charge in [0.1, 0.15) is 11.5 Å². The van der Waals surface area contributed by atoms with Gasteiger partial charge in [-0.05, 0) is 29.0 Å². The molecule has 4 aromatic rings. The van der Waals surface area contributed by atoms with Crippen LogP contribution in [0.3, 0.4) is 0 Å². The summed E-state index contributed by atoms with van der Waals surface area (Å²) >= 11 is 0. The summed E-state index contributed by atoms with van der Waals surface area (Å²) in [5.74, 6) is 1.10. The van der Waals surface area contributed by atoms with Gasteiger partial charge < -0.3 is 13.9 Å². The Morgan fingerprint density at radius 1 is 0.929 bits per heavy atom. The summed E-state index contributed by atoms with van der Waals surface area (Å²) in [6, 6.07) is 18.4. The SMILES string of the molecule is COc1cc(OC)cc(-c2nnc(NC(=O)c3cccc4ccccc34)o2)c1. The molecule has 0 radical (unpaired) electrons. The van der Waals surface area contributed by atoms with Crippen molar-refractivity contribution in [2.75, 3.05) is 19.5 Å². The average molecular weight is 375 g/mol. The number of carbonyl (C=O) groups excluding carboxylic acids is 1. The fourth-order valence-corrected chi connectivity index (χ4v) is 2.91. The Morgan fingerprint density at radius 3 is 2.39 bits per heavy atom. The Balaban J connectivity index is 1.61. The first-order valence-electron chi connectivity index (χ1n) is 8.54. The molecular formula is C21H17N3O4. The lowest BCUT2D eigenvalue weighted by molar-refractivity contribution is 0.102. The quantitative estimate of drug-likeness (QED) is 0.564. The van der Waals surface area contributed by atoms with Crippen molar-refractivity contribution in [3.8, 4) is 23.0 Å². The standard InChI is InChI=1S/C21H17N3O4/c1-26-15-10-14(11-16(12-15)27-2)20-23-24-21(28-20)22-19(25)18-9-5-7-13-6-3-4-8-17(13)18/h3-12H,1-2H3,(H,22,24,25). The summed E-state index contributed by atoms with van der Waals surface area (Å²) in [4.78, 5) is 12.7. The normalized spacial score (nSPS) is 10.6. The first-order chi connectivity index (χ1) is 13.7. The van der Waals surface area contributed by atoms with Crippen LogP contribution in [0.25, 0.3) is 22.2 Å². The van der Waals surface area contributed by atoms with Crippen molar-refractivity contribution < 1.29 is 18.7 Å². The molecule has 1 aromatic heterocycles. The molecule has 0 saturated carbocycles. The second-order valence-electron chi connectivity index (χ2n) is 5.99. The Labute approximate surface area is 160 Å². The molecule has 4 rings (SSSR count). The fraction of sp³-hybridized carbons (Fsp3) is 0.0952. The van der Waals surface area contributed by atoms with Crippen molar-refractivity contribution in [1.29, 1.82) is 0 Å². The van der Waals surface area contributed by atoms with E-state index in [-0.39, 0.29) is 17.8 Å². The van der Waals surface area contributed by atoms with E-state index in [4.69, 9.17) is 13.9 Å². The van der Waals surface area contributed by atoms with Gasteiger partial charge in [-0.15, -0.1) is 5.10 Å². The Morgan fingerprint density at radius 2 is 1.64 bits per heavy atom. The van der Waals surface area contributed by atoms with Crippen molar-refractivity contribution in [3.63, 3.8) is 0 Å². The van der Waals surface area contributed by atoms with Crippen molar-refractivity contribution in [3.05, 3.63) is 66.2 Å². The summed E-state index contributed by atoms with van der Waals surface area (Å²) in [5, 5.41) is 12.4. The molecule has 0 saturated heterocycles. The first-order valence-corrected chi connectivity index (χ1v) is 8.54. The van der Waals surface area contributed by atoms with Crippen molar-refractivity contribution in [1.82, 2.24) is 10.2 Å². The van der Waals surface area contributed by atoms with E-state index in [2.05, 4.69) is 15.5 Å². The van der Waals surface area contributed by atoms with Crippen LogP contribution in [0.15, 0.2) is 65.1 Å². The number of nitrogens with one attached hydrogen (secondary N) is 1. The molecule has 7 nitrogen and oxygen atoms in total. The van der Waals surface area contributed by atoms with E-state index in [1.807, 2.05) is 36.4 Å². The maximum Gasteiger partial charge on any atom is 0.322 e. The third-order valence-electron chi connectivity index (χ3n) is 4.28. The molecule has 1 heterocycles. The predicted molar refractivity (Wildman–Crippen MR) is 105 cm³/mol. The molecule has 0 fully saturated rings. The number of hydrogen-bond donors (Lipinski definition) is 1. The van der Waals surface area contributed by atoms with Gasteiger partial charge in [-0.25, -0.2) is 0 Å². The van der Waals surface area contributed by atoms with Gasteiger partial charge in [0.2, 0.25) is 5.89 Å². The Kier molecular flexibility index (Phi) is 4.63. The van der Waals surface area contributed by atoms with Crippen LogP contribution in [-0.2, 0) is 0 Å². The molecule has 28 heavy (non-hydrogen) atoms. The van der Waals surface area contributed by atoms with Crippen LogP contribution >= 0.6 is 0 Å². The molecule has 0 bridgehead atoms. The maximum atomic E-state index is 12.7. The Hall–Kier alpha value is -3.87. The zero-order valence-electron chi connectivity index (χ0n) is 15.3. The number of hydrogen-bond acceptors (Lipinski definition) is 6. The largest absolute Gasteiger partial charge is 0.497 e. The van der Waals surface area contributed by atoms with Gasteiger partial charge in [-0.2, -0.15) is 0 Å². The number of nitrogens with zero attached hydrogens (tertiary/aromatic N) is 2. The number of aromatic nitrogens is 2. The van der Waals surface area contributed by atoms with Crippen LogP contribution in [-0.4, -0.2) is 30.3 Å². The summed E-state index contributed by atoms with van der Waals surface area (Å²) in [6.07, 6.45) is 0. The lowest BCUT2D eigenvalue weighted by Gasteiger charge is -2.06. The highest BCUT2D eigenvalue weighted by atomic mass is 16.5. The second kappa shape index (κ2) is 7.40. The van der Waals surface area contributed by atoms with Gasteiger partial charge >= 0.3 is 6.01 Å². The molecule has 3 aromatic carbocycles. The Bertz CT molecular complexity index is 1130. The summed E-state index contributed by atoms with van der Waals surface area (Å²) in [7, 11) is 3.12. The molecule has 1 amide bonds. The summed E-state index contributed by atoms with van der Waals surface area (Å²) in [5.41, 5.74) is 1.15. The number of carbonyl (C=O) groups is 1. The molecule has 140 valence electrons. The second-order valence-corrected chi connectivity index (χ2v) is 5.99. The van der Waals surface area contributed by atoms with Crippen molar-refractivity contribution in [2.24, 2.45) is 0 Å². The van der Waals surface area contributed by atoms with Crippen LogP contribution in [0, 0.1) is 0 Å². The molecule has 0 aliphatic heterocycles. The van der Waals surface area contributed by atoms with Gasteiger partial charge in [0, 0.05) is 17.2 Å². The van der Waals surface area contributed by atoms with E-state index in [9.17, 15) is 4.79 Å². The number of fused-ring (bicyclic) bond motifs is 1. The van der Waals surface area contributed by atoms with Gasteiger partial charge in [-0.1, -0.05) is 41.5 Å². The van der Waals surface area contributed by atoms with Gasteiger partial charge in [-0.3, -0.25) is 10.1 Å². The minimum Gasteiger partial charge on any atom is -0.497 e. The third kappa shape index (κ3) is 3.37. The lowest BCUT2D eigenvalue weighted by Crippen LogP contribution is -2.12. The zero-order valence-corrected chi connectivity index (χ0v) is 15.3. The van der Waals surface area contributed by atoms with Gasteiger partial charge in [0.15, 0.2) is 0 Å². The number of anilines is 1. The van der Waals surface area contributed by atoms with E-state index in [1.54, 1.807) is 38.5 Å². The van der Waals surface area contributed by atoms with Crippen LogP contribution in [0.2, 0.25) is 0 Å². The third-order valence-corrected chi connectivity index (χ3v) is 4.28. The number of amides is 1. The van der Waals surface area contributed by atoms with E-state index < -0.39 is 0 Å². The number of benzene rings is 3. The van der Waals surface area contributed by atoms with Crippen LogP contribution < -0.4 is 14.8 Å². The molecule has 0 aliphatic rings. The maximum absolute atomic E-state index is 12.7. The van der Waals surface area contributed by atoms with Gasteiger partial charge in [0.05, 0.1) is 14.2 Å². The van der Waals surface area contributed by atoms with Crippen molar-refractivity contribution in [2.45, 2.75) is 0 Å². The molecule has 0 unspecified atom stereocenters.